The molecule has 0 atom stereocenters. The van der Waals surface area contributed by atoms with E-state index in [2.05, 4.69) is 17.7 Å². The number of rotatable bonds is 6. The van der Waals surface area contributed by atoms with Crippen molar-refractivity contribution >= 4 is 6.03 Å². The number of nitrogens with one attached hydrogen (secondary N) is 2. The lowest BCUT2D eigenvalue weighted by Crippen LogP contribution is -2.47. The van der Waals surface area contributed by atoms with Gasteiger partial charge < -0.3 is 5.32 Å². The van der Waals surface area contributed by atoms with E-state index in [0.29, 0.717) is 0 Å². The Morgan fingerprint density at radius 1 is 1.43 bits per heavy atom. The Hall–Kier alpha value is -0.770. The van der Waals surface area contributed by atoms with Crippen LogP contribution in [0.1, 0.15) is 32.6 Å². The molecular weight excluding hydrogens is 178 g/mol. The summed E-state index contributed by atoms with van der Waals surface area (Å²) in [6.07, 6.45) is 5.03. The van der Waals surface area contributed by atoms with Crippen LogP contribution in [0.15, 0.2) is 0 Å². The van der Waals surface area contributed by atoms with Crippen molar-refractivity contribution in [2.45, 2.75) is 32.6 Å². The van der Waals surface area contributed by atoms with E-state index in [4.69, 9.17) is 0 Å². The van der Waals surface area contributed by atoms with Gasteiger partial charge in [0.15, 0.2) is 0 Å². The maximum absolute atomic E-state index is 11.1. The van der Waals surface area contributed by atoms with E-state index in [1.54, 1.807) is 7.05 Å². The fourth-order valence-electron chi connectivity index (χ4n) is 1.44. The summed E-state index contributed by atoms with van der Waals surface area (Å²) in [4.78, 5) is 11.1. The van der Waals surface area contributed by atoms with Crippen LogP contribution in [0.25, 0.3) is 0 Å². The molecule has 2 amide bonds. The lowest BCUT2D eigenvalue weighted by Gasteiger charge is -2.22. The molecule has 1 aliphatic rings. The SMILES string of the molecule is CCCN(CCC1CC1)NC(=O)NC. The third kappa shape index (κ3) is 4.46. The molecule has 0 aromatic carbocycles. The summed E-state index contributed by atoms with van der Waals surface area (Å²) >= 11 is 0. The van der Waals surface area contributed by atoms with Crippen LogP contribution in [0.2, 0.25) is 0 Å². The number of hydrogen-bond acceptors (Lipinski definition) is 2. The highest BCUT2D eigenvalue weighted by atomic mass is 16.2. The zero-order chi connectivity index (χ0) is 10.4. The van der Waals surface area contributed by atoms with E-state index >= 15 is 0 Å². The van der Waals surface area contributed by atoms with Crippen LogP contribution < -0.4 is 10.7 Å². The minimum Gasteiger partial charge on any atom is -0.340 e. The summed E-state index contributed by atoms with van der Waals surface area (Å²) in [5.74, 6) is 0.917. The summed E-state index contributed by atoms with van der Waals surface area (Å²) in [6.45, 7) is 4.03. The molecule has 0 heterocycles. The molecule has 1 rings (SSSR count). The third-order valence-corrected chi connectivity index (χ3v) is 2.48. The van der Waals surface area contributed by atoms with Gasteiger partial charge in [-0.05, 0) is 18.8 Å². The van der Waals surface area contributed by atoms with E-state index in [1.165, 1.54) is 19.3 Å². The molecule has 0 aromatic heterocycles. The van der Waals surface area contributed by atoms with Crippen molar-refractivity contribution in [1.29, 1.82) is 0 Å². The fourth-order valence-corrected chi connectivity index (χ4v) is 1.44. The number of hydrogen-bond donors (Lipinski definition) is 2. The predicted octanol–water partition coefficient (Wildman–Crippen LogP) is 1.34. The number of carbonyl (C=O) groups is 1. The Morgan fingerprint density at radius 3 is 2.64 bits per heavy atom. The summed E-state index contributed by atoms with van der Waals surface area (Å²) in [5, 5.41) is 4.58. The maximum atomic E-state index is 11.1. The van der Waals surface area contributed by atoms with E-state index in [9.17, 15) is 4.79 Å². The summed E-state index contributed by atoms with van der Waals surface area (Å²) in [7, 11) is 1.64. The molecule has 0 saturated heterocycles. The molecule has 14 heavy (non-hydrogen) atoms. The number of hydrazine groups is 1. The highest BCUT2D eigenvalue weighted by molar-refractivity contribution is 5.72. The van der Waals surface area contributed by atoms with Gasteiger partial charge >= 0.3 is 6.03 Å². The first kappa shape index (κ1) is 11.3. The van der Waals surface area contributed by atoms with E-state index < -0.39 is 0 Å². The minimum atomic E-state index is -0.116. The van der Waals surface area contributed by atoms with Crippen LogP contribution in [-0.2, 0) is 0 Å². The average molecular weight is 199 g/mol. The molecule has 4 nitrogen and oxygen atoms in total. The first-order chi connectivity index (χ1) is 6.76. The van der Waals surface area contributed by atoms with Crippen molar-refractivity contribution in [2.75, 3.05) is 20.1 Å². The lowest BCUT2D eigenvalue weighted by molar-refractivity contribution is 0.174. The van der Waals surface area contributed by atoms with E-state index in [1.807, 2.05) is 5.01 Å². The van der Waals surface area contributed by atoms with Crippen molar-refractivity contribution in [3.05, 3.63) is 0 Å². The second-order valence-electron chi connectivity index (χ2n) is 3.91. The van der Waals surface area contributed by atoms with Crippen LogP contribution in [0.4, 0.5) is 4.79 Å². The maximum Gasteiger partial charge on any atom is 0.329 e. The zero-order valence-electron chi connectivity index (χ0n) is 9.18. The molecule has 1 saturated carbocycles. The monoisotopic (exact) mass is 199 g/mol. The number of carbonyl (C=O) groups excluding carboxylic acids is 1. The second-order valence-corrected chi connectivity index (χ2v) is 3.91. The largest absolute Gasteiger partial charge is 0.340 e. The molecule has 4 heteroatoms. The van der Waals surface area contributed by atoms with Crippen LogP contribution >= 0.6 is 0 Å². The first-order valence-electron chi connectivity index (χ1n) is 5.49. The van der Waals surface area contributed by atoms with Gasteiger partial charge in [-0.1, -0.05) is 19.8 Å². The van der Waals surface area contributed by atoms with Crippen LogP contribution in [0.3, 0.4) is 0 Å². The highest BCUT2D eigenvalue weighted by Gasteiger charge is 2.21. The van der Waals surface area contributed by atoms with Crippen molar-refractivity contribution < 1.29 is 4.79 Å². The van der Waals surface area contributed by atoms with Crippen LogP contribution in [0, 0.1) is 5.92 Å². The molecule has 0 radical (unpaired) electrons. The Bertz CT molecular complexity index is 180. The van der Waals surface area contributed by atoms with Gasteiger partial charge in [0.2, 0.25) is 0 Å². The molecule has 0 aliphatic heterocycles. The van der Waals surface area contributed by atoms with Crippen molar-refractivity contribution in [3.8, 4) is 0 Å². The Kier molecular flexibility index (Phi) is 4.73. The molecule has 0 aromatic rings. The van der Waals surface area contributed by atoms with Gasteiger partial charge in [-0.2, -0.15) is 0 Å². The Labute approximate surface area is 86.0 Å². The summed E-state index contributed by atoms with van der Waals surface area (Å²) in [5.41, 5.74) is 2.83. The quantitative estimate of drug-likeness (QED) is 0.634. The zero-order valence-corrected chi connectivity index (χ0v) is 9.18. The van der Waals surface area contributed by atoms with Crippen molar-refractivity contribution in [1.82, 2.24) is 15.8 Å². The normalized spacial score (nSPS) is 15.6. The van der Waals surface area contributed by atoms with Crippen molar-refractivity contribution in [3.63, 3.8) is 0 Å². The third-order valence-electron chi connectivity index (χ3n) is 2.48. The fraction of sp³-hybridized carbons (Fsp3) is 0.900. The van der Waals surface area contributed by atoms with Gasteiger partial charge in [0, 0.05) is 20.1 Å². The van der Waals surface area contributed by atoms with Crippen LogP contribution in [-0.4, -0.2) is 31.2 Å². The number of amides is 2. The topological polar surface area (TPSA) is 44.4 Å². The first-order valence-corrected chi connectivity index (χ1v) is 5.49. The van der Waals surface area contributed by atoms with E-state index in [0.717, 1.165) is 25.4 Å². The van der Waals surface area contributed by atoms with Gasteiger partial charge in [0.05, 0.1) is 0 Å². The molecule has 0 unspecified atom stereocenters. The summed E-state index contributed by atoms with van der Waals surface area (Å²) in [6, 6.07) is -0.116. The standard InChI is InChI=1S/C10H21N3O/c1-3-7-13(12-10(14)11-2)8-6-9-4-5-9/h9H,3-8H2,1-2H3,(H2,11,12,14). The van der Waals surface area contributed by atoms with E-state index in [-0.39, 0.29) is 6.03 Å². The molecule has 82 valence electrons. The average Bonchev–Trinajstić information content (AvgIpc) is 2.98. The molecule has 1 fully saturated rings. The predicted molar refractivity (Wildman–Crippen MR) is 56.8 cm³/mol. The molecule has 0 bridgehead atoms. The van der Waals surface area contributed by atoms with Gasteiger partial charge in [0.1, 0.15) is 0 Å². The molecule has 0 spiro atoms. The summed E-state index contributed by atoms with van der Waals surface area (Å²) < 4.78 is 0. The molecule has 1 aliphatic carbocycles. The minimum absolute atomic E-state index is 0.116. The Balaban J connectivity index is 2.17. The van der Waals surface area contributed by atoms with Gasteiger partial charge in [-0.25, -0.2) is 9.80 Å². The number of nitrogens with zero attached hydrogens (tertiary/aromatic N) is 1. The molecular formula is C10H21N3O. The highest BCUT2D eigenvalue weighted by Crippen LogP contribution is 2.32. The van der Waals surface area contributed by atoms with Gasteiger partial charge in [-0.3, -0.25) is 5.43 Å². The van der Waals surface area contributed by atoms with Crippen molar-refractivity contribution in [2.24, 2.45) is 5.92 Å². The molecule has 2 N–H and O–H groups in total. The smallest absolute Gasteiger partial charge is 0.329 e. The Morgan fingerprint density at radius 2 is 2.14 bits per heavy atom. The number of urea groups is 1. The van der Waals surface area contributed by atoms with Gasteiger partial charge in [-0.15, -0.1) is 0 Å². The van der Waals surface area contributed by atoms with Crippen LogP contribution in [0.5, 0.6) is 0 Å². The lowest BCUT2D eigenvalue weighted by atomic mass is 10.3. The second kappa shape index (κ2) is 5.86. The van der Waals surface area contributed by atoms with Gasteiger partial charge in [0.25, 0.3) is 0 Å².